The predicted octanol–water partition coefficient (Wildman–Crippen LogP) is 3.32. The van der Waals surface area contributed by atoms with E-state index in [2.05, 4.69) is 9.47 Å². The summed E-state index contributed by atoms with van der Waals surface area (Å²) in [5.74, 6) is -3.65. The highest BCUT2D eigenvalue weighted by Crippen LogP contribution is 2.34. The van der Waals surface area contributed by atoms with Crippen LogP contribution in [0.1, 0.15) is 23.7 Å². The van der Waals surface area contributed by atoms with Crippen LogP contribution in [0.4, 0.5) is 8.78 Å². The molecule has 1 atom stereocenters. The van der Waals surface area contributed by atoms with Gasteiger partial charge in [0.2, 0.25) is 0 Å². The summed E-state index contributed by atoms with van der Waals surface area (Å²) in [7, 11) is 4.01. The van der Waals surface area contributed by atoms with Gasteiger partial charge >= 0.3 is 0 Å². The molecule has 3 rings (SSSR count). The van der Waals surface area contributed by atoms with Gasteiger partial charge in [0.1, 0.15) is 0 Å². The Morgan fingerprint density at radius 2 is 2.04 bits per heavy atom. The number of alkyl halides is 2. The Morgan fingerprint density at radius 3 is 2.72 bits per heavy atom. The monoisotopic (exact) mass is 349 g/mol. The van der Waals surface area contributed by atoms with E-state index >= 15 is 0 Å². The second kappa shape index (κ2) is 6.75. The van der Waals surface area contributed by atoms with Crippen molar-refractivity contribution < 1.29 is 13.6 Å². The molecule has 1 fully saturated rings. The topological polar surface area (TPSA) is 28.5 Å². The van der Waals surface area contributed by atoms with Gasteiger partial charge < -0.3 is 14.4 Å². The molecule has 1 aliphatic heterocycles. The molecular formula is C19H25F2N3O. The molecule has 1 aromatic carbocycles. The maximum absolute atomic E-state index is 13.7. The molecule has 2 aromatic rings. The molecule has 25 heavy (non-hydrogen) atoms. The Labute approximate surface area is 147 Å². The zero-order valence-electron chi connectivity index (χ0n) is 15.0. The minimum absolute atomic E-state index is 0.100. The molecule has 0 N–H and O–H groups in total. The highest BCUT2D eigenvalue weighted by Gasteiger charge is 2.42. The van der Waals surface area contributed by atoms with Crippen molar-refractivity contribution in [3.8, 4) is 0 Å². The number of carbonyl (C=O) groups excluding carboxylic acids is 1. The van der Waals surface area contributed by atoms with Crippen molar-refractivity contribution in [2.75, 3.05) is 33.7 Å². The van der Waals surface area contributed by atoms with E-state index in [9.17, 15) is 13.6 Å². The maximum atomic E-state index is 13.7. The summed E-state index contributed by atoms with van der Waals surface area (Å²) in [5.41, 5.74) is 1.61. The minimum atomic E-state index is -2.68. The van der Waals surface area contributed by atoms with Gasteiger partial charge in [-0.3, -0.25) is 4.79 Å². The zero-order chi connectivity index (χ0) is 18.2. The lowest BCUT2D eigenvalue weighted by atomic mass is 9.95. The van der Waals surface area contributed by atoms with Crippen LogP contribution in [0, 0.1) is 5.92 Å². The molecule has 0 radical (unpaired) electrons. The molecule has 1 unspecified atom stereocenters. The fraction of sp³-hybridized carbons (Fsp3) is 0.526. The van der Waals surface area contributed by atoms with Crippen molar-refractivity contribution in [1.82, 2.24) is 14.4 Å². The number of fused-ring (bicyclic) bond motifs is 1. The van der Waals surface area contributed by atoms with E-state index in [1.54, 1.807) is 4.90 Å². The van der Waals surface area contributed by atoms with Crippen LogP contribution >= 0.6 is 0 Å². The normalized spacial score (nSPS) is 20.4. The van der Waals surface area contributed by atoms with Gasteiger partial charge in [-0.1, -0.05) is 25.1 Å². The van der Waals surface area contributed by atoms with Crippen molar-refractivity contribution >= 4 is 16.8 Å². The Balaban J connectivity index is 1.89. The number of para-hydroxylation sites is 1. The number of rotatable bonds is 4. The molecule has 0 spiro atoms. The zero-order valence-corrected chi connectivity index (χ0v) is 15.0. The number of hydrogen-bond acceptors (Lipinski definition) is 2. The van der Waals surface area contributed by atoms with E-state index in [4.69, 9.17) is 0 Å². The molecule has 0 bridgehead atoms. The Bertz CT molecular complexity index is 769. The number of halogens is 2. The maximum Gasteiger partial charge on any atom is 0.256 e. The predicted molar refractivity (Wildman–Crippen MR) is 95.1 cm³/mol. The molecule has 1 amide bonds. The van der Waals surface area contributed by atoms with Crippen LogP contribution in [-0.2, 0) is 6.54 Å². The summed E-state index contributed by atoms with van der Waals surface area (Å²) >= 11 is 0. The largest absolute Gasteiger partial charge is 0.345 e. The molecule has 1 saturated heterocycles. The van der Waals surface area contributed by atoms with Gasteiger partial charge in [-0.2, -0.15) is 0 Å². The highest BCUT2D eigenvalue weighted by atomic mass is 19.3. The first-order valence-electron chi connectivity index (χ1n) is 8.69. The van der Waals surface area contributed by atoms with Crippen LogP contribution in [-0.4, -0.2) is 59.9 Å². The molecular weight excluding hydrogens is 324 g/mol. The number of likely N-dealkylation sites (tertiary alicyclic amines) is 1. The minimum Gasteiger partial charge on any atom is -0.345 e. The van der Waals surface area contributed by atoms with Crippen molar-refractivity contribution in [2.45, 2.75) is 25.8 Å². The van der Waals surface area contributed by atoms with E-state index in [-0.39, 0.29) is 25.4 Å². The standard InChI is InChI=1S/C19H25F2N3O/c1-14-12-24(9-8-19(14,20)21)18(25)16-13-23(11-10-22(2)3)17-7-5-4-6-15(16)17/h4-7,13-14H,8-12H2,1-3H3. The molecule has 0 saturated carbocycles. The van der Waals surface area contributed by atoms with E-state index in [1.807, 2.05) is 44.6 Å². The Hall–Kier alpha value is -1.95. The highest BCUT2D eigenvalue weighted by molar-refractivity contribution is 6.07. The van der Waals surface area contributed by atoms with E-state index in [0.717, 1.165) is 24.0 Å². The summed E-state index contributed by atoms with van der Waals surface area (Å²) in [5, 5.41) is 0.885. The molecule has 1 aliphatic rings. The fourth-order valence-electron chi connectivity index (χ4n) is 3.35. The second-order valence-corrected chi connectivity index (χ2v) is 7.22. The number of nitrogens with zero attached hydrogens (tertiary/aromatic N) is 3. The van der Waals surface area contributed by atoms with Gasteiger partial charge in [0.05, 0.1) is 5.56 Å². The average Bonchev–Trinajstić information content (AvgIpc) is 2.94. The molecule has 2 heterocycles. The van der Waals surface area contributed by atoms with Crippen molar-refractivity contribution in [1.29, 1.82) is 0 Å². The van der Waals surface area contributed by atoms with Crippen LogP contribution in [0.25, 0.3) is 10.9 Å². The SMILES string of the molecule is CC1CN(C(=O)c2cn(CCN(C)C)c3ccccc23)CCC1(F)F. The number of likely N-dealkylation sites (N-methyl/N-ethyl adjacent to an activating group) is 1. The van der Waals surface area contributed by atoms with Gasteiger partial charge in [0.25, 0.3) is 11.8 Å². The number of aromatic nitrogens is 1. The van der Waals surface area contributed by atoms with Crippen LogP contribution in [0.5, 0.6) is 0 Å². The lowest BCUT2D eigenvalue weighted by Gasteiger charge is -2.36. The van der Waals surface area contributed by atoms with Gasteiger partial charge in [-0.15, -0.1) is 0 Å². The van der Waals surface area contributed by atoms with Crippen molar-refractivity contribution in [3.63, 3.8) is 0 Å². The number of piperidine rings is 1. The number of hydrogen-bond donors (Lipinski definition) is 0. The smallest absolute Gasteiger partial charge is 0.256 e. The number of carbonyl (C=O) groups is 1. The average molecular weight is 349 g/mol. The van der Waals surface area contributed by atoms with E-state index in [1.165, 1.54) is 6.92 Å². The summed E-state index contributed by atoms with van der Waals surface area (Å²) < 4.78 is 29.5. The van der Waals surface area contributed by atoms with E-state index < -0.39 is 11.8 Å². The summed E-state index contributed by atoms with van der Waals surface area (Å²) in [4.78, 5) is 16.6. The first kappa shape index (κ1) is 17.9. The van der Waals surface area contributed by atoms with Gasteiger partial charge in [0.15, 0.2) is 0 Å². The lowest BCUT2D eigenvalue weighted by molar-refractivity contribution is -0.0921. The first-order chi connectivity index (χ1) is 11.8. The fourth-order valence-corrected chi connectivity index (χ4v) is 3.35. The molecule has 4 nitrogen and oxygen atoms in total. The molecule has 6 heteroatoms. The first-order valence-corrected chi connectivity index (χ1v) is 8.69. The molecule has 136 valence electrons. The third kappa shape index (κ3) is 3.54. The van der Waals surface area contributed by atoms with Crippen molar-refractivity contribution in [3.05, 3.63) is 36.0 Å². The molecule has 0 aliphatic carbocycles. The Kier molecular flexibility index (Phi) is 4.82. The summed E-state index contributed by atoms with van der Waals surface area (Å²) in [6, 6.07) is 7.78. The third-order valence-electron chi connectivity index (χ3n) is 5.02. The summed E-state index contributed by atoms with van der Waals surface area (Å²) in [6.45, 7) is 3.35. The third-order valence-corrected chi connectivity index (χ3v) is 5.02. The number of amides is 1. The number of benzene rings is 1. The van der Waals surface area contributed by atoms with Gasteiger partial charge in [0, 0.05) is 55.6 Å². The Morgan fingerprint density at radius 1 is 1.32 bits per heavy atom. The molecule has 1 aromatic heterocycles. The van der Waals surface area contributed by atoms with Crippen LogP contribution < -0.4 is 0 Å². The van der Waals surface area contributed by atoms with Gasteiger partial charge in [-0.25, -0.2) is 8.78 Å². The lowest BCUT2D eigenvalue weighted by Crippen LogP contribution is -2.48. The van der Waals surface area contributed by atoms with E-state index in [0.29, 0.717) is 5.56 Å². The second-order valence-electron chi connectivity index (χ2n) is 7.22. The van der Waals surface area contributed by atoms with Crippen LogP contribution in [0.15, 0.2) is 30.5 Å². The quantitative estimate of drug-likeness (QED) is 0.847. The van der Waals surface area contributed by atoms with Crippen molar-refractivity contribution in [2.24, 2.45) is 5.92 Å². The van der Waals surface area contributed by atoms with Crippen LogP contribution in [0.3, 0.4) is 0 Å². The van der Waals surface area contributed by atoms with Gasteiger partial charge in [-0.05, 0) is 20.2 Å². The summed E-state index contributed by atoms with van der Waals surface area (Å²) in [6.07, 6.45) is 1.60. The van der Waals surface area contributed by atoms with Crippen LogP contribution in [0.2, 0.25) is 0 Å².